The Labute approximate surface area is 107 Å². The molecule has 6 nitrogen and oxygen atoms in total. The molecule has 0 radical (unpaired) electrons. The third kappa shape index (κ3) is 4.12. The van der Waals surface area contributed by atoms with Crippen molar-refractivity contribution in [2.45, 2.75) is 32.4 Å². The number of aliphatic hydroxyl groups excluding tert-OH is 1. The first-order chi connectivity index (χ1) is 8.72. The fraction of sp³-hybridized carbons (Fsp3) is 0.667. The predicted octanol–water partition coefficient (Wildman–Crippen LogP) is 0.463. The largest absolute Gasteiger partial charge is 0.396 e. The highest BCUT2D eigenvalue weighted by molar-refractivity contribution is 5.32. The maximum Gasteiger partial charge on any atom is 0.293 e. The minimum atomic E-state index is -0.140. The number of aliphatic hydroxyl groups is 1. The quantitative estimate of drug-likeness (QED) is 0.706. The summed E-state index contributed by atoms with van der Waals surface area (Å²) >= 11 is 0. The Morgan fingerprint density at radius 2 is 2.39 bits per heavy atom. The predicted molar refractivity (Wildman–Crippen MR) is 69.8 cm³/mol. The van der Waals surface area contributed by atoms with Crippen LogP contribution in [0.1, 0.15) is 19.8 Å². The number of ether oxygens (including phenoxy) is 1. The van der Waals surface area contributed by atoms with E-state index in [1.54, 1.807) is 24.1 Å². The Bertz CT molecular complexity index is 400. The van der Waals surface area contributed by atoms with E-state index < -0.39 is 0 Å². The molecule has 0 aliphatic carbocycles. The minimum absolute atomic E-state index is 0.0387. The topological polar surface area (TPSA) is 76.4 Å². The summed E-state index contributed by atoms with van der Waals surface area (Å²) in [5.41, 5.74) is -0.140. The number of aromatic nitrogens is 2. The molecule has 0 bridgehead atoms. The van der Waals surface area contributed by atoms with E-state index in [0.717, 1.165) is 6.42 Å². The van der Waals surface area contributed by atoms with Crippen LogP contribution in [0, 0.1) is 0 Å². The van der Waals surface area contributed by atoms with Gasteiger partial charge in [0.15, 0.2) is 5.82 Å². The van der Waals surface area contributed by atoms with E-state index in [4.69, 9.17) is 9.84 Å². The fourth-order valence-electron chi connectivity index (χ4n) is 1.71. The second kappa shape index (κ2) is 7.84. The zero-order valence-corrected chi connectivity index (χ0v) is 10.9. The number of methoxy groups -OCH3 is 1. The van der Waals surface area contributed by atoms with Crippen molar-refractivity contribution in [2.24, 2.45) is 0 Å². The maximum atomic E-state index is 12.0. The van der Waals surface area contributed by atoms with Crippen molar-refractivity contribution in [1.82, 2.24) is 9.55 Å². The van der Waals surface area contributed by atoms with Crippen LogP contribution in [-0.2, 0) is 11.3 Å². The summed E-state index contributed by atoms with van der Waals surface area (Å²) in [5, 5.41) is 12.0. The van der Waals surface area contributed by atoms with Crippen molar-refractivity contribution >= 4 is 5.82 Å². The number of nitrogens with zero attached hydrogens (tertiary/aromatic N) is 2. The Morgan fingerprint density at radius 3 is 3.00 bits per heavy atom. The number of rotatable bonds is 8. The van der Waals surface area contributed by atoms with Gasteiger partial charge in [-0.25, -0.2) is 4.98 Å². The van der Waals surface area contributed by atoms with Crippen LogP contribution >= 0.6 is 0 Å². The normalized spacial score (nSPS) is 12.4. The molecule has 1 heterocycles. The molecule has 0 aliphatic heterocycles. The van der Waals surface area contributed by atoms with Gasteiger partial charge in [-0.3, -0.25) is 4.79 Å². The highest BCUT2D eigenvalue weighted by atomic mass is 16.5. The van der Waals surface area contributed by atoms with Crippen molar-refractivity contribution in [3.05, 3.63) is 22.7 Å². The van der Waals surface area contributed by atoms with Crippen LogP contribution in [0.25, 0.3) is 0 Å². The molecule has 0 aromatic carbocycles. The smallest absolute Gasteiger partial charge is 0.293 e. The summed E-state index contributed by atoms with van der Waals surface area (Å²) in [6.07, 6.45) is 4.68. The van der Waals surface area contributed by atoms with Crippen molar-refractivity contribution in [1.29, 1.82) is 0 Å². The summed E-state index contributed by atoms with van der Waals surface area (Å²) in [4.78, 5) is 16.1. The molecular weight excluding hydrogens is 234 g/mol. The van der Waals surface area contributed by atoms with Gasteiger partial charge in [0.1, 0.15) is 0 Å². The number of hydrogen-bond acceptors (Lipinski definition) is 5. The Kier molecular flexibility index (Phi) is 6.38. The van der Waals surface area contributed by atoms with Crippen LogP contribution in [-0.4, -0.2) is 41.0 Å². The summed E-state index contributed by atoms with van der Waals surface area (Å²) in [6, 6.07) is -0.113. The Morgan fingerprint density at radius 1 is 1.61 bits per heavy atom. The molecule has 0 saturated heterocycles. The molecule has 2 N–H and O–H groups in total. The van der Waals surface area contributed by atoms with Gasteiger partial charge in [0.25, 0.3) is 5.56 Å². The summed E-state index contributed by atoms with van der Waals surface area (Å²) in [5.74, 6) is 0.307. The highest BCUT2D eigenvalue weighted by Gasteiger charge is 2.11. The summed E-state index contributed by atoms with van der Waals surface area (Å²) < 4.78 is 6.66. The van der Waals surface area contributed by atoms with Crippen LogP contribution in [0.4, 0.5) is 5.82 Å². The molecule has 0 saturated carbocycles. The number of aryl methyl sites for hydroxylation is 1. The van der Waals surface area contributed by atoms with E-state index in [0.29, 0.717) is 25.4 Å². The first kappa shape index (κ1) is 14.7. The molecule has 0 amide bonds. The van der Waals surface area contributed by atoms with Gasteiger partial charge in [0, 0.05) is 32.7 Å². The van der Waals surface area contributed by atoms with Gasteiger partial charge in [-0.2, -0.15) is 0 Å². The average Bonchev–Trinajstić information content (AvgIpc) is 2.35. The van der Waals surface area contributed by atoms with Crippen molar-refractivity contribution in [3.63, 3.8) is 0 Å². The van der Waals surface area contributed by atoms with Gasteiger partial charge >= 0.3 is 0 Å². The van der Waals surface area contributed by atoms with Crippen LogP contribution in [0.3, 0.4) is 0 Å². The molecule has 0 spiro atoms. The van der Waals surface area contributed by atoms with Crippen LogP contribution in [0.5, 0.6) is 0 Å². The lowest BCUT2D eigenvalue weighted by molar-refractivity contribution is 0.170. The third-order valence-electron chi connectivity index (χ3n) is 2.56. The zero-order chi connectivity index (χ0) is 13.4. The van der Waals surface area contributed by atoms with E-state index >= 15 is 0 Å². The van der Waals surface area contributed by atoms with E-state index in [1.807, 2.05) is 6.92 Å². The lowest BCUT2D eigenvalue weighted by atomic mass is 10.2. The highest BCUT2D eigenvalue weighted by Crippen LogP contribution is 2.01. The van der Waals surface area contributed by atoms with Gasteiger partial charge < -0.3 is 19.7 Å². The van der Waals surface area contributed by atoms with Gasteiger partial charge in [-0.05, 0) is 12.8 Å². The van der Waals surface area contributed by atoms with Gasteiger partial charge in [0.2, 0.25) is 0 Å². The maximum absolute atomic E-state index is 12.0. The first-order valence-corrected chi connectivity index (χ1v) is 6.14. The molecule has 1 aromatic heterocycles. The van der Waals surface area contributed by atoms with E-state index in [1.165, 1.54) is 0 Å². The summed E-state index contributed by atoms with van der Waals surface area (Å²) in [7, 11) is 1.58. The standard InChI is InChI=1S/C12H21N3O3/c1-3-6-15-7-5-13-11(12(15)17)14-10(4-8-16)9-18-2/h5,7,10,16H,3-4,6,8-9H2,1-2H3,(H,13,14). The first-order valence-electron chi connectivity index (χ1n) is 6.14. The molecule has 18 heavy (non-hydrogen) atoms. The van der Waals surface area contributed by atoms with Crippen LogP contribution < -0.4 is 10.9 Å². The van der Waals surface area contributed by atoms with Crippen molar-refractivity contribution in [3.8, 4) is 0 Å². The van der Waals surface area contributed by atoms with Crippen molar-refractivity contribution < 1.29 is 9.84 Å². The molecule has 1 unspecified atom stereocenters. The van der Waals surface area contributed by atoms with E-state index in [-0.39, 0.29) is 18.2 Å². The minimum Gasteiger partial charge on any atom is -0.396 e. The zero-order valence-electron chi connectivity index (χ0n) is 10.9. The lowest BCUT2D eigenvalue weighted by Gasteiger charge is -2.17. The second-order valence-electron chi connectivity index (χ2n) is 4.08. The Balaban J connectivity index is 2.82. The van der Waals surface area contributed by atoms with Gasteiger partial charge in [-0.15, -0.1) is 0 Å². The average molecular weight is 255 g/mol. The third-order valence-corrected chi connectivity index (χ3v) is 2.56. The van der Waals surface area contributed by atoms with Crippen molar-refractivity contribution in [2.75, 3.05) is 25.6 Å². The van der Waals surface area contributed by atoms with Crippen LogP contribution in [0.2, 0.25) is 0 Å². The fourth-order valence-corrected chi connectivity index (χ4v) is 1.71. The molecule has 0 aliphatic rings. The number of nitrogens with one attached hydrogen (secondary N) is 1. The van der Waals surface area contributed by atoms with Crippen LogP contribution in [0.15, 0.2) is 17.2 Å². The monoisotopic (exact) mass is 255 g/mol. The SMILES string of the molecule is CCCn1ccnc(NC(CCO)COC)c1=O. The number of hydrogen-bond donors (Lipinski definition) is 2. The van der Waals surface area contributed by atoms with Gasteiger partial charge in [-0.1, -0.05) is 6.92 Å². The van der Waals surface area contributed by atoms with Gasteiger partial charge in [0.05, 0.1) is 12.6 Å². The molecule has 1 atom stereocenters. The Hall–Kier alpha value is -1.40. The van der Waals surface area contributed by atoms with E-state index in [9.17, 15) is 4.79 Å². The molecule has 0 fully saturated rings. The number of anilines is 1. The second-order valence-corrected chi connectivity index (χ2v) is 4.08. The molecule has 1 aromatic rings. The molecule has 1 rings (SSSR count). The summed E-state index contributed by atoms with van der Waals surface area (Å²) in [6.45, 7) is 3.14. The molecular formula is C12H21N3O3. The molecule has 102 valence electrons. The lowest BCUT2D eigenvalue weighted by Crippen LogP contribution is -2.32. The van der Waals surface area contributed by atoms with E-state index in [2.05, 4.69) is 10.3 Å². The molecule has 6 heteroatoms.